The third-order valence-electron chi connectivity index (χ3n) is 6.37. The molecule has 3 aromatic rings. The quantitative estimate of drug-likeness (QED) is 0.324. The predicted molar refractivity (Wildman–Crippen MR) is 125 cm³/mol. The van der Waals surface area contributed by atoms with Gasteiger partial charge in [-0.05, 0) is 49.8 Å². The van der Waals surface area contributed by atoms with Gasteiger partial charge in [-0.3, -0.25) is 0 Å². The fourth-order valence-electron chi connectivity index (χ4n) is 4.57. The van der Waals surface area contributed by atoms with Gasteiger partial charge in [-0.1, -0.05) is 30.0 Å². The molecule has 0 amide bonds. The monoisotopic (exact) mass is 490 g/mol. The van der Waals surface area contributed by atoms with Gasteiger partial charge in [0.05, 0.1) is 25.4 Å². The zero-order valence-electron chi connectivity index (χ0n) is 19.0. The van der Waals surface area contributed by atoms with Gasteiger partial charge in [0.15, 0.2) is 33.8 Å². The van der Waals surface area contributed by atoms with Crippen molar-refractivity contribution in [2.24, 2.45) is 0 Å². The summed E-state index contributed by atoms with van der Waals surface area (Å²) in [6.07, 6.45) is 4.49. The lowest BCUT2D eigenvalue weighted by Crippen LogP contribution is -2.14. The molecular formula is C23H28F2N6O2S. The van der Waals surface area contributed by atoms with E-state index in [9.17, 15) is 8.78 Å². The van der Waals surface area contributed by atoms with E-state index in [-0.39, 0.29) is 30.7 Å². The lowest BCUT2D eigenvalue weighted by atomic mass is 10.1. The number of thioether (sulfide) groups is 1. The van der Waals surface area contributed by atoms with E-state index in [1.807, 2.05) is 4.68 Å². The zero-order chi connectivity index (χ0) is 23.7. The summed E-state index contributed by atoms with van der Waals surface area (Å²) < 4.78 is 34.6. The highest BCUT2D eigenvalue weighted by molar-refractivity contribution is 7.99. The maximum absolute atomic E-state index is 13.7. The Labute approximate surface area is 200 Å². The average molecular weight is 491 g/mol. The van der Waals surface area contributed by atoms with Gasteiger partial charge in [-0.15, -0.1) is 5.10 Å². The molecule has 11 heteroatoms. The van der Waals surface area contributed by atoms with E-state index in [0.29, 0.717) is 28.7 Å². The highest BCUT2D eigenvalue weighted by atomic mass is 32.2. The normalized spacial score (nSPS) is 24.1. The van der Waals surface area contributed by atoms with E-state index in [1.165, 1.54) is 12.1 Å². The van der Waals surface area contributed by atoms with Gasteiger partial charge in [0.2, 0.25) is 0 Å². The molecule has 2 fully saturated rings. The topological polar surface area (TPSA) is 98.0 Å². The number of ether oxygens (including phenoxy) is 1. The van der Waals surface area contributed by atoms with Crippen molar-refractivity contribution in [3.63, 3.8) is 0 Å². The number of nitrogens with one attached hydrogen (secondary N) is 1. The summed E-state index contributed by atoms with van der Waals surface area (Å²) >= 11 is 1.59. The molecule has 5 rings (SSSR count). The first-order chi connectivity index (χ1) is 16.6. The van der Waals surface area contributed by atoms with E-state index in [0.717, 1.165) is 43.4 Å². The van der Waals surface area contributed by atoms with Crippen molar-refractivity contribution in [2.75, 3.05) is 24.3 Å². The summed E-state index contributed by atoms with van der Waals surface area (Å²) in [4.78, 5) is 9.48. The Hall–Kier alpha value is -2.37. The fourth-order valence-corrected chi connectivity index (χ4v) is 5.26. The zero-order valence-corrected chi connectivity index (χ0v) is 19.8. The molecule has 182 valence electrons. The van der Waals surface area contributed by atoms with Gasteiger partial charge >= 0.3 is 0 Å². The van der Waals surface area contributed by atoms with Crippen LogP contribution < -0.4 is 5.32 Å². The van der Waals surface area contributed by atoms with Crippen LogP contribution in [0.2, 0.25) is 0 Å². The van der Waals surface area contributed by atoms with E-state index in [4.69, 9.17) is 19.8 Å². The number of halogens is 2. The lowest BCUT2D eigenvalue weighted by Gasteiger charge is -2.13. The molecule has 2 aromatic heterocycles. The number of fused-ring (bicyclic) bond motifs is 1. The maximum atomic E-state index is 13.7. The molecule has 0 spiro atoms. The van der Waals surface area contributed by atoms with Gasteiger partial charge in [-0.25, -0.2) is 23.4 Å². The molecule has 34 heavy (non-hydrogen) atoms. The first-order valence-electron chi connectivity index (χ1n) is 11.8. The minimum atomic E-state index is -0.837. The maximum Gasteiger partial charge on any atom is 0.191 e. The van der Waals surface area contributed by atoms with Crippen molar-refractivity contribution < 1.29 is 18.6 Å². The summed E-state index contributed by atoms with van der Waals surface area (Å²) in [5.74, 6) is -0.0613. The number of hydrogen-bond acceptors (Lipinski definition) is 8. The van der Waals surface area contributed by atoms with E-state index >= 15 is 0 Å². The van der Waals surface area contributed by atoms with Crippen LogP contribution in [0.1, 0.15) is 56.6 Å². The van der Waals surface area contributed by atoms with Crippen LogP contribution >= 0.6 is 11.8 Å². The Bertz CT molecular complexity index is 1160. The van der Waals surface area contributed by atoms with Crippen molar-refractivity contribution in [3.05, 3.63) is 35.4 Å². The molecule has 0 radical (unpaired) electrons. The molecule has 1 aromatic carbocycles. The summed E-state index contributed by atoms with van der Waals surface area (Å²) in [6, 6.07) is 4.25. The number of anilines is 1. The third kappa shape index (κ3) is 4.87. The van der Waals surface area contributed by atoms with Crippen molar-refractivity contribution >= 4 is 28.7 Å². The Balaban J connectivity index is 1.38. The average Bonchev–Trinajstić information content (AvgIpc) is 3.23. The standard InChI is InChI=1S/C23H28F2N6O2S/c1-2-9-34-23-27-21(26-19-12-16(19)13-3-6-17(24)18(25)10-13)20-22(28-23)31(30-29-20)14-4-5-15(11-14)33-8-7-32/h3,6,10,14-16,19,32H,2,4-5,7-9,11-12H2,1H3,(H,26,27,28)/t14?,15-,16+,19-/m1/s1. The lowest BCUT2D eigenvalue weighted by molar-refractivity contribution is 0.0309. The van der Waals surface area contributed by atoms with Crippen LogP contribution in [0.15, 0.2) is 23.4 Å². The Morgan fingerprint density at radius 1 is 1.21 bits per heavy atom. The largest absolute Gasteiger partial charge is 0.394 e. The second-order valence-electron chi connectivity index (χ2n) is 8.86. The number of aliphatic hydroxyl groups excluding tert-OH is 1. The molecule has 1 unspecified atom stereocenters. The number of hydrogen-bond donors (Lipinski definition) is 2. The van der Waals surface area contributed by atoms with Crippen LogP contribution in [-0.4, -0.2) is 61.2 Å². The highest BCUT2D eigenvalue weighted by Crippen LogP contribution is 2.44. The molecule has 8 nitrogen and oxygen atoms in total. The number of rotatable bonds is 10. The molecule has 2 heterocycles. The summed E-state index contributed by atoms with van der Waals surface area (Å²) in [5.41, 5.74) is 2.07. The van der Waals surface area contributed by atoms with E-state index < -0.39 is 11.6 Å². The molecule has 2 aliphatic carbocycles. The SMILES string of the molecule is CCCSc1nc(N[C@@H]2C[C@H]2c2ccc(F)c(F)c2)c2nnn(C3CC[C@@H](OCCO)C3)c2n1. The molecule has 2 N–H and O–H groups in total. The molecule has 0 saturated heterocycles. The molecule has 0 aliphatic heterocycles. The number of aromatic nitrogens is 5. The third-order valence-corrected chi connectivity index (χ3v) is 7.42. The van der Waals surface area contributed by atoms with Gasteiger partial charge in [0.25, 0.3) is 0 Å². The van der Waals surface area contributed by atoms with Crippen molar-refractivity contribution in [1.29, 1.82) is 0 Å². The van der Waals surface area contributed by atoms with Gasteiger partial charge in [0, 0.05) is 17.7 Å². The number of nitrogens with zero attached hydrogens (tertiary/aromatic N) is 5. The molecule has 2 aliphatic rings. The first kappa shape index (κ1) is 23.4. The smallest absolute Gasteiger partial charge is 0.191 e. The second-order valence-corrected chi connectivity index (χ2v) is 9.92. The van der Waals surface area contributed by atoms with E-state index in [1.54, 1.807) is 17.8 Å². The van der Waals surface area contributed by atoms with Crippen molar-refractivity contribution in [1.82, 2.24) is 25.0 Å². The number of benzene rings is 1. The van der Waals surface area contributed by atoms with Crippen LogP contribution in [0, 0.1) is 11.6 Å². The molecular weight excluding hydrogens is 462 g/mol. The fraction of sp³-hybridized carbons (Fsp3) is 0.565. The van der Waals surface area contributed by atoms with E-state index in [2.05, 4.69) is 22.6 Å². The van der Waals surface area contributed by atoms with Crippen LogP contribution in [0.3, 0.4) is 0 Å². The van der Waals surface area contributed by atoms with Gasteiger partial charge < -0.3 is 15.2 Å². The summed E-state index contributed by atoms with van der Waals surface area (Å²) in [5, 5.41) is 22.0. The van der Waals surface area contributed by atoms with Crippen LogP contribution in [0.4, 0.5) is 14.6 Å². The molecule has 4 atom stereocenters. The van der Waals surface area contributed by atoms with Gasteiger partial charge in [0.1, 0.15) is 0 Å². The Kier molecular flexibility index (Phi) is 6.94. The molecule has 0 bridgehead atoms. The van der Waals surface area contributed by atoms with Crippen molar-refractivity contribution in [2.45, 2.75) is 68.3 Å². The Morgan fingerprint density at radius 2 is 2.09 bits per heavy atom. The highest BCUT2D eigenvalue weighted by Gasteiger charge is 2.40. The second kappa shape index (κ2) is 10.1. The summed E-state index contributed by atoms with van der Waals surface area (Å²) in [6.45, 7) is 2.46. The minimum absolute atomic E-state index is 0.0143. The van der Waals surface area contributed by atoms with Crippen LogP contribution in [0.5, 0.6) is 0 Å². The first-order valence-corrected chi connectivity index (χ1v) is 12.8. The number of aliphatic hydroxyl groups is 1. The predicted octanol–water partition coefficient (Wildman–Crippen LogP) is 4.07. The van der Waals surface area contributed by atoms with Crippen LogP contribution in [0.25, 0.3) is 11.2 Å². The van der Waals surface area contributed by atoms with Crippen molar-refractivity contribution in [3.8, 4) is 0 Å². The molecule has 2 saturated carbocycles. The van der Waals surface area contributed by atoms with Gasteiger partial charge in [-0.2, -0.15) is 0 Å². The summed E-state index contributed by atoms with van der Waals surface area (Å²) in [7, 11) is 0. The van der Waals surface area contributed by atoms with Crippen LogP contribution in [-0.2, 0) is 4.74 Å². The Morgan fingerprint density at radius 3 is 2.88 bits per heavy atom. The minimum Gasteiger partial charge on any atom is -0.394 e.